The monoisotopic (exact) mass is 543 g/mol. The third-order valence-electron chi connectivity index (χ3n) is 7.71. The second kappa shape index (κ2) is 13.3. The minimum Gasteiger partial charge on any atom is -0.492 e. The van der Waals surface area contributed by atoms with E-state index in [2.05, 4.69) is 42.2 Å². The van der Waals surface area contributed by atoms with Crippen molar-refractivity contribution < 1.29 is 9.15 Å². The van der Waals surface area contributed by atoms with Gasteiger partial charge in [0.1, 0.15) is 17.9 Å². The van der Waals surface area contributed by atoms with Crippen LogP contribution in [0.5, 0.6) is 5.75 Å². The summed E-state index contributed by atoms with van der Waals surface area (Å²) in [5.41, 5.74) is 5.06. The first-order chi connectivity index (χ1) is 19.1. The van der Waals surface area contributed by atoms with Crippen molar-refractivity contribution in [3.8, 4) is 16.9 Å². The fraction of sp³-hybridized carbons (Fsp3) is 0.382. The first-order valence-corrected chi connectivity index (χ1v) is 14.8. The van der Waals surface area contributed by atoms with Crippen molar-refractivity contribution in [1.29, 1.82) is 0 Å². The Bertz CT molecular complexity index is 1420. The molecular weight excluding hydrogens is 506 g/mol. The Morgan fingerprint density at radius 2 is 1.64 bits per heavy atom. The molecule has 1 saturated heterocycles. The van der Waals surface area contributed by atoms with Crippen molar-refractivity contribution in [2.45, 2.75) is 58.3 Å². The predicted octanol–water partition coefficient (Wildman–Crippen LogP) is 8.30. The summed E-state index contributed by atoms with van der Waals surface area (Å²) in [5.74, 6) is 0.876. The van der Waals surface area contributed by atoms with Crippen LogP contribution in [-0.4, -0.2) is 31.1 Å². The standard InChI is InChI=1S/C34H38ClNO3/c1-2-3-4-5-8-25-11-18-30-31(33(34(37)39-32(30)24-25)27-12-14-28(35)15-13-27)23-26-9-16-29(17-10-26)38-22-21-36-19-6-7-20-36/h9-18,24H,2-8,19-23H2,1H3. The van der Waals surface area contributed by atoms with Crippen LogP contribution in [0, 0.1) is 0 Å². The normalized spacial score (nSPS) is 13.8. The van der Waals surface area contributed by atoms with Gasteiger partial charge in [0, 0.05) is 17.0 Å². The number of aryl methyl sites for hydroxylation is 1. The quantitative estimate of drug-likeness (QED) is 0.133. The number of hydrogen-bond acceptors (Lipinski definition) is 4. The van der Waals surface area contributed by atoms with Gasteiger partial charge in [-0.25, -0.2) is 4.79 Å². The summed E-state index contributed by atoms with van der Waals surface area (Å²) in [5, 5.41) is 1.61. The Balaban J connectivity index is 1.42. The molecule has 0 atom stereocenters. The largest absolute Gasteiger partial charge is 0.492 e. The fourth-order valence-electron chi connectivity index (χ4n) is 5.52. The maximum Gasteiger partial charge on any atom is 0.344 e. The van der Waals surface area contributed by atoms with Gasteiger partial charge in [0.05, 0.1) is 5.56 Å². The molecule has 0 amide bonds. The smallest absolute Gasteiger partial charge is 0.344 e. The minimum absolute atomic E-state index is 0.315. The van der Waals surface area contributed by atoms with Crippen LogP contribution in [0.3, 0.4) is 0 Å². The molecule has 4 nitrogen and oxygen atoms in total. The highest BCUT2D eigenvalue weighted by Crippen LogP contribution is 2.31. The molecule has 2 heterocycles. The maximum atomic E-state index is 13.4. The van der Waals surface area contributed by atoms with Crippen molar-refractivity contribution in [2.24, 2.45) is 0 Å². The van der Waals surface area contributed by atoms with Crippen molar-refractivity contribution >= 4 is 22.6 Å². The molecule has 0 radical (unpaired) electrons. The lowest BCUT2D eigenvalue weighted by atomic mass is 9.92. The summed E-state index contributed by atoms with van der Waals surface area (Å²) in [7, 11) is 0. The molecule has 0 saturated carbocycles. The van der Waals surface area contributed by atoms with Crippen LogP contribution in [0.25, 0.3) is 22.1 Å². The lowest BCUT2D eigenvalue weighted by molar-refractivity contribution is 0.238. The Morgan fingerprint density at radius 3 is 2.38 bits per heavy atom. The van der Waals surface area contributed by atoms with E-state index in [1.165, 1.54) is 50.8 Å². The van der Waals surface area contributed by atoms with Crippen molar-refractivity contribution in [3.63, 3.8) is 0 Å². The number of unbranched alkanes of at least 4 members (excludes halogenated alkanes) is 3. The second-order valence-corrected chi connectivity index (χ2v) is 11.0. The SMILES string of the molecule is CCCCCCc1ccc2c(Cc3ccc(OCCN4CCCC4)cc3)c(-c3ccc(Cl)cc3)c(=O)oc2c1. The third kappa shape index (κ3) is 7.12. The summed E-state index contributed by atoms with van der Waals surface area (Å²) >= 11 is 6.15. The van der Waals surface area contributed by atoms with E-state index in [0.29, 0.717) is 29.2 Å². The highest BCUT2D eigenvalue weighted by atomic mass is 35.5. The lowest BCUT2D eigenvalue weighted by Gasteiger charge is -2.15. The third-order valence-corrected chi connectivity index (χ3v) is 7.96. The zero-order valence-corrected chi connectivity index (χ0v) is 23.6. The summed E-state index contributed by atoms with van der Waals surface area (Å²) in [6.07, 6.45) is 9.02. The Labute approximate surface area is 236 Å². The average molecular weight is 544 g/mol. The molecule has 1 aliphatic heterocycles. The van der Waals surface area contributed by atoms with Gasteiger partial charge in [-0.05, 0) is 97.8 Å². The van der Waals surface area contributed by atoms with Crippen LogP contribution in [0.15, 0.2) is 75.9 Å². The van der Waals surface area contributed by atoms with Crippen LogP contribution in [0.4, 0.5) is 0 Å². The van der Waals surface area contributed by atoms with E-state index in [9.17, 15) is 4.79 Å². The topological polar surface area (TPSA) is 42.7 Å². The summed E-state index contributed by atoms with van der Waals surface area (Å²) in [4.78, 5) is 15.9. The first-order valence-electron chi connectivity index (χ1n) is 14.4. The Morgan fingerprint density at radius 1 is 0.897 bits per heavy atom. The highest BCUT2D eigenvalue weighted by molar-refractivity contribution is 6.30. The van der Waals surface area contributed by atoms with Crippen molar-refractivity contribution in [3.05, 3.63) is 98.9 Å². The Hall–Kier alpha value is -3.08. The van der Waals surface area contributed by atoms with Crippen LogP contribution >= 0.6 is 11.6 Å². The molecule has 5 heteroatoms. The number of halogens is 1. The van der Waals surface area contributed by atoms with Crippen LogP contribution in [-0.2, 0) is 12.8 Å². The highest BCUT2D eigenvalue weighted by Gasteiger charge is 2.18. The van der Waals surface area contributed by atoms with Crippen LogP contribution in [0.2, 0.25) is 5.02 Å². The number of fused-ring (bicyclic) bond motifs is 1. The molecule has 3 aromatic carbocycles. The first kappa shape index (κ1) is 27.5. The van der Waals surface area contributed by atoms with Gasteiger partial charge >= 0.3 is 5.63 Å². The molecule has 0 aliphatic carbocycles. The van der Waals surface area contributed by atoms with Crippen molar-refractivity contribution in [2.75, 3.05) is 26.2 Å². The zero-order chi connectivity index (χ0) is 27.0. The number of benzene rings is 3. The summed E-state index contributed by atoms with van der Waals surface area (Å²) in [6, 6.07) is 22.0. The lowest BCUT2D eigenvalue weighted by Crippen LogP contribution is -2.25. The Kier molecular flexibility index (Phi) is 9.39. The van der Waals surface area contributed by atoms with E-state index in [4.69, 9.17) is 20.8 Å². The predicted molar refractivity (Wildman–Crippen MR) is 161 cm³/mol. The van der Waals surface area contributed by atoms with E-state index < -0.39 is 0 Å². The molecule has 4 aromatic rings. The molecule has 0 unspecified atom stereocenters. The van der Waals surface area contributed by atoms with E-state index in [-0.39, 0.29) is 5.63 Å². The fourth-order valence-corrected chi connectivity index (χ4v) is 5.65. The number of ether oxygens (including phenoxy) is 1. The average Bonchev–Trinajstić information content (AvgIpc) is 3.46. The number of likely N-dealkylation sites (tertiary alicyclic amines) is 1. The van der Waals surface area contributed by atoms with E-state index in [1.54, 1.807) is 0 Å². The van der Waals surface area contributed by atoms with Crippen LogP contribution < -0.4 is 10.4 Å². The number of nitrogens with zero attached hydrogens (tertiary/aromatic N) is 1. The maximum absolute atomic E-state index is 13.4. The summed E-state index contributed by atoms with van der Waals surface area (Å²) in [6.45, 7) is 6.25. The van der Waals surface area contributed by atoms with Crippen molar-refractivity contribution in [1.82, 2.24) is 4.90 Å². The molecule has 204 valence electrons. The molecular formula is C34H38ClNO3. The summed E-state index contributed by atoms with van der Waals surface area (Å²) < 4.78 is 11.9. The second-order valence-electron chi connectivity index (χ2n) is 10.6. The van der Waals surface area contributed by atoms with Gasteiger partial charge in [0.2, 0.25) is 0 Å². The number of rotatable bonds is 12. The molecule has 0 N–H and O–H groups in total. The molecule has 0 bridgehead atoms. The van der Waals surface area contributed by atoms with Gasteiger partial charge in [-0.15, -0.1) is 0 Å². The van der Waals surface area contributed by atoms with Gasteiger partial charge in [0.25, 0.3) is 0 Å². The zero-order valence-electron chi connectivity index (χ0n) is 22.9. The molecule has 5 rings (SSSR count). The van der Waals surface area contributed by atoms with Crippen LogP contribution in [0.1, 0.15) is 62.1 Å². The van der Waals surface area contributed by atoms with E-state index in [1.807, 2.05) is 36.4 Å². The minimum atomic E-state index is -0.315. The molecule has 1 fully saturated rings. The van der Waals surface area contributed by atoms with E-state index >= 15 is 0 Å². The number of hydrogen-bond donors (Lipinski definition) is 0. The van der Waals surface area contributed by atoms with Gasteiger partial charge in [0.15, 0.2) is 0 Å². The van der Waals surface area contributed by atoms with Gasteiger partial charge < -0.3 is 9.15 Å². The van der Waals surface area contributed by atoms with E-state index in [0.717, 1.165) is 47.2 Å². The molecule has 1 aromatic heterocycles. The van der Waals surface area contributed by atoms with Gasteiger partial charge in [-0.3, -0.25) is 4.90 Å². The van der Waals surface area contributed by atoms with Gasteiger partial charge in [-0.1, -0.05) is 74.2 Å². The molecule has 39 heavy (non-hydrogen) atoms. The molecule has 1 aliphatic rings. The molecule has 0 spiro atoms. The van der Waals surface area contributed by atoms with Gasteiger partial charge in [-0.2, -0.15) is 0 Å².